The first kappa shape index (κ1) is 19.2. The summed E-state index contributed by atoms with van der Waals surface area (Å²) in [6.45, 7) is 0.512. The molecule has 0 unspecified atom stereocenters. The van der Waals surface area contributed by atoms with Crippen LogP contribution in [0.25, 0.3) is 11.3 Å². The minimum atomic E-state index is 0.0485. The number of benzene rings is 1. The highest BCUT2D eigenvalue weighted by Crippen LogP contribution is 2.32. The lowest BCUT2D eigenvalue weighted by molar-refractivity contribution is 0.0438. The summed E-state index contributed by atoms with van der Waals surface area (Å²) in [4.78, 5) is 15.7. The SMILES string of the molecule is NCc1ccc(-c2cc(C(=O)N(C3CCCCC3)C3CCCCC3)no2)cc1. The van der Waals surface area contributed by atoms with Gasteiger partial charge in [-0.05, 0) is 31.2 Å². The molecule has 5 nitrogen and oxygen atoms in total. The zero-order valence-electron chi connectivity index (χ0n) is 16.6. The Kier molecular flexibility index (Phi) is 6.10. The number of nitrogens with zero attached hydrogens (tertiary/aromatic N) is 2. The van der Waals surface area contributed by atoms with Crippen LogP contribution in [-0.4, -0.2) is 28.0 Å². The summed E-state index contributed by atoms with van der Waals surface area (Å²) in [6.07, 6.45) is 11.9. The zero-order chi connectivity index (χ0) is 19.3. The average molecular weight is 382 g/mol. The number of carbonyl (C=O) groups excluding carboxylic acids is 1. The lowest BCUT2D eigenvalue weighted by Gasteiger charge is -2.41. The van der Waals surface area contributed by atoms with Crippen LogP contribution >= 0.6 is 0 Å². The molecule has 0 radical (unpaired) electrons. The van der Waals surface area contributed by atoms with Gasteiger partial charge in [0.25, 0.3) is 5.91 Å². The summed E-state index contributed by atoms with van der Waals surface area (Å²) in [5.74, 6) is 0.687. The summed E-state index contributed by atoms with van der Waals surface area (Å²) in [7, 11) is 0. The van der Waals surface area contributed by atoms with Crippen molar-refractivity contribution in [1.29, 1.82) is 0 Å². The predicted octanol–water partition coefficient (Wildman–Crippen LogP) is 4.91. The third kappa shape index (κ3) is 4.14. The Balaban J connectivity index is 1.56. The van der Waals surface area contributed by atoms with Crippen molar-refractivity contribution in [3.63, 3.8) is 0 Å². The molecule has 2 aliphatic rings. The van der Waals surface area contributed by atoms with E-state index in [4.69, 9.17) is 10.3 Å². The summed E-state index contributed by atoms with van der Waals surface area (Å²) in [5.41, 5.74) is 8.10. The van der Waals surface area contributed by atoms with Crippen molar-refractivity contribution in [2.75, 3.05) is 0 Å². The van der Waals surface area contributed by atoms with E-state index >= 15 is 0 Å². The lowest BCUT2D eigenvalue weighted by Crippen LogP contribution is -2.48. The Labute approximate surface area is 167 Å². The fourth-order valence-corrected chi connectivity index (χ4v) is 4.80. The van der Waals surface area contributed by atoms with Crippen molar-refractivity contribution in [3.05, 3.63) is 41.6 Å². The van der Waals surface area contributed by atoms with Crippen LogP contribution in [0.15, 0.2) is 34.9 Å². The van der Waals surface area contributed by atoms with E-state index < -0.39 is 0 Å². The molecule has 0 aliphatic heterocycles. The standard InChI is InChI=1S/C23H31N3O2/c24-16-17-11-13-18(14-12-17)22-15-21(25-28-22)23(27)26(19-7-3-1-4-8-19)20-9-5-2-6-10-20/h11-15,19-20H,1-10,16,24H2. The van der Waals surface area contributed by atoms with Gasteiger partial charge < -0.3 is 15.2 Å². The van der Waals surface area contributed by atoms with Gasteiger partial charge in [0.15, 0.2) is 11.5 Å². The van der Waals surface area contributed by atoms with Crippen molar-refractivity contribution < 1.29 is 9.32 Å². The molecular weight excluding hydrogens is 350 g/mol. The minimum absolute atomic E-state index is 0.0485. The number of carbonyl (C=O) groups is 1. The Hall–Kier alpha value is -2.14. The molecule has 0 saturated heterocycles. The second kappa shape index (κ2) is 8.91. The molecule has 2 aromatic rings. The molecule has 0 atom stereocenters. The molecule has 28 heavy (non-hydrogen) atoms. The molecule has 1 aromatic carbocycles. The highest BCUT2D eigenvalue weighted by Gasteiger charge is 2.34. The van der Waals surface area contributed by atoms with Crippen LogP contribution in [0.3, 0.4) is 0 Å². The summed E-state index contributed by atoms with van der Waals surface area (Å²) >= 11 is 0. The Morgan fingerprint density at radius 1 is 0.964 bits per heavy atom. The van der Waals surface area contributed by atoms with E-state index in [9.17, 15) is 4.79 Å². The molecule has 150 valence electrons. The van der Waals surface area contributed by atoms with E-state index in [0.29, 0.717) is 30.1 Å². The molecule has 5 heteroatoms. The third-order valence-corrected chi connectivity index (χ3v) is 6.37. The third-order valence-electron chi connectivity index (χ3n) is 6.37. The van der Waals surface area contributed by atoms with Gasteiger partial charge in [-0.1, -0.05) is 67.9 Å². The molecule has 1 aromatic heterocycles. The van der Waals surface area contributed by atoms with Crippen molar-refractivity contribution in [1.82, 2.24) is 10.1 Å². The quantitative estimate of drug-likeness (QED) is 0.799. The fraction of sp³-hybridized carbons (Fsp3) is 0.565. The van der Waals surface area contributed by atoms with E-state index in [1.54, 1.807) is 6.07 Å². The average Bonchev–Trinajstić information content (AvgIpc) is 3.26. The van der Waals surface area contributed by atoms with Crippen LogP contribution in [0.1, 0.15) is 80.3 Å². The molecule has 4 rings (SSSR count). The first-order chi connectivity index (χ1) is 13.8. The second-order valence-corrected chi connectivity index (χ2v) is 8.27. The maximum absolute atomic E-state index is 13.5. The summed E-state index contributed by atoms with van der Waals surface area (Å²) < 4.78 is 5.54. The largest absolute Gasteiger partial charge is 0.355 e. The molecule has 1 heterocycles. The molecule has 0 spiro atoms. The fourth-order valence-electron chi connectivity index (χ4n) is 4.80. The highest BCUT2D eigenvalue weighted by atomic mass is 16.5. The summed E-state index contributed by atoms with van der Waals surface area (Å²) in [5, 5.41) is 4.15. The first-order valence-electron chi connectivity index (χ1n) is 10.8. The lowest BCUT2D eigenvalue weighted by atomic mass is 9.88. The van der Waals surface area contributed by atoms with Gasteiger partial charge >= 0.3 is 0 Å². The second-order valence-electron chi connectivity index (χ2n) is 8.27. The predicted molar refractivity (Wildman–Crippen MR) is 110 cm³/mol. The van der Waals surface area contributed by atoms with Crippen LogP contribution in [0.2, 0.25) is 0 Å². The van der Waals surface area contributed by atoms with Crippen LogP contribution in [-0.2, 0) is 6.54 Å². The molecule has 0 bridgehead atoms. The molecular formula is C23H31N3O2. The highest BCUT2D eigenvalue weighted by molar-refractivity contribution is 5.93. The van der Waals surface area contributed by atoms with Gasteiger partial charge in [-0.2, -0.15) is 0 Å². The number of amides is 1. The van der Waals surface area contributed by atoms with Gasteiger partial charge in [0.2, 0.25) is 0 Å². The zero-order valence-corrected chi connectivity index (χ0v) is 16.6. The van der Waals surface area contributed by atoms with E-state index in [2.05, 4.69) is 10.1 Å². The van der Waals surface area contributed by atoms with Gasteiger partial charge in [0.1, 0.15) is 0 Å². The Morgan fingerprint density at radius 2 is 1.54 bits per heavy atom. The van der Waals surface area contributed by atoms with Crippen molar-refractivity contribution in [2.45, 2.75) is 82.8 Å². The number of hydrogen-bond donors (Lipinski definition) is 1. The van der Waals surface area contributed by atoms with E-state index in [1.165, 1.54) is 38.5 Å². The molecule has 2 saturated carbocycles. The van der Waals surface area contributed by atoms with Crippen molar-refractivity contribution in [2.24, 2.45) is 5.73 Å². The molecule has 2 N–H and O–H groups in total. The Morgan fingerprint density at radius 3 is 2.07 bits per heavy atom. The number of rotatable bonds is 5. The number of aromatic nitrogens is 1. The molecule has 1 amide bonds. The van der Waals surface area contributed by atoms with E-state index in [-0.39, 0.29) is 5.91 Å². The van der Waals surface area contributed by atoms with E-state index in [1.807, 2.05) is 24.3 Å². The maximum Gasteiger partial charge on any atom is 0.276 e. The van der Waals surface area contributed by atoms with Crippen molar-refractivity contribution in [3.8, 4) is 11.3 Å². The smallest absolute Gasteiger partial charge is 0.276 e. The van der Waals surface area contributed by atoms with Crippen molar-refractivity contribution >= 4 is 5.91 Å². The van der Waals surface area contributed by atoms with Gasteiger partial charge in [0, 0.05) is 30.3 Å². The van der Waals surface area contributed by atoms with E-state index in [0.717, 1.165) is 36.8 Å². The topological polar surface area (TPSA) is 72.4 Å². The van der Waals surface area contributed by atoms with Gasteiger partial charge in [-0.3, -0.25) is 4.79 Å². The van der Waals surface area contributed by atoms with Gasteiger partial charge in [0.05, 0.1) is 0 Å². The minimum Gasteiger partial charge on any atom is -0.355 e. The normalized spacial score (nSPS) is 18.9. The van der Waals surface area contributed by atoms with Gasteiger partial charge in [-0.15, -0.1) is 0 Å². The number of nitrogens with two attached hydrogens (primary N) is 1. The molecule has 2 aliphatic carbocycles. The van der Waals surface area contributed by atoms with Crippen LogP contribution in [0.5, 0.6) is 0 Å². The Bertz CT molecular complexity index is 753. The monoisotopic (exact) mass is 381 g/mol. The number of hydrogen-bond acceptors (Lipinski definition) is 4. The molecule has 2 fully saturated rings. The maximum atomic E-state index is 13.5. The van der Waals surface area contributed by atoms with Crippen LogP contribution in [0.4, 0.5) is 0 Å². The first-order valence-corrected chi connectivity index (χ1v) is 10.8. The summed E-state index contributed by atoms with van der Waals surface area (Å²) in [6, 6.07) is 10.4. The van der Waals surface area contributed by atoms with Crippen LogP contribution in [0, 0.1) is 0 Å². The van der Waals surface area contributed by atoms with Gasteiger partial charge in [-0.25, -0.2) is 0 Å². The van der Waals surface area contributed by atoms with Crippen LogP contribution < -0.4 is 5.73 Å².